The molecule has 0 fully saturated rings. The summed E-state index contributed by atoms with van der Waals surface area (Å²) in [6.45, 7) is 3.43. The molecule has 0 saturated heterocycles. The van der Waals surface area contributed by atoms with Crippen LogP contribution in [0.4, 0.5) is 0 Å². The van der Waals surface area contributed by atoms with Gasteiger partial charge in [-0.3, -0.25) is 0 Å². The largest absolute Gasteiger partial charge is 0.478 e. The van der Waals surface area contributed by atoms with E-state index in [1.807, 2.05) is 0 Å². The van der Waals surface area contributed by atoms with Crippen LogP contribution in [0.25, 0.3) is 0 Å². The Hall–Kier alpha value is -2.92. The number of benzene rings is 2. The Bertz CT molecular complexity index is 684. The summed E-state index contributed by atoms with van der Waals surface area (Å²) in [5.74, 6) is -2.51. The van der Waals surface area contributed by atoms with Gasteiger partial charge in [0.2, 0.25) is 0 Å². The van der Waals surface area contributed by atoms with Crippen molar-refractivity contribution in [1.82, 2.24) is 4.90 Å². The van der Waals surface area contributed by atoms with E-state index in [0.717, 1.165) is 13.0 Å². The van der Waals surface area contributed by atoms with Crippen molar-refractivity contribution in [2.24, 2.45) is 0 Å². The van der Waals surface area contributed by atoms with E-state index in [2.05, 4.69) is 86.6 Å². The molecule has 2 aromatic rings. The molecule has 0 unspecified atom stereocenters. The van der Waals surface area contributed by atoms with Crippen LogP contribution in [0.3, 0.4) is 0 Å². The lowest BCUT2D eigenvalue weighted by Crippen LogP contribution is -2.29. The molecule has 0 radical (unpaired) electrons. The maximum atomic E-state index is 9.55. The molecule has 0 aromatic heterocycles. The van der Waals surface area contributed by atoms with Crippen LogP contribution in [0, 0.1) is 0 Å². The summed E-state index contributed by atoms with van der Waals surface area (Å²) in [5.41, 5.74) is 2.86. The molecule has 0 spiro atoms. The van der Waals surface area contributed by atoms with Gasteiger partial charge in [0.05, 0.1) is 0 Å². The van der Waals surface area contributed by atoms with Crippen LogP contribution >= 0.6 is 0 Å². The highest BCUT2D eigenvalue weighted by Crippen LogP contribution is 2.35. The summed E-state index contributed by atoms with van der Waals surface area (Å²) in [5, 5.41) is 15.6. The molecule has 0 heterocycles. The molecule has 0 bridgehead atoms. The van der Waals surface area contributed by atoms with Gasteiger partial charge in [-0.15, -0.1) is 0 Å². The van der Waals surface area contributed by atoms with Gasteiger partial charge in [0, 0.05) is 17.6 Å². The quantitative estimate of drug-likeness (QED) is 0.729. The van der Waals surface area contributed by atoms with E-state index in [0.29, 0.717) is 12.2 Å². The highest BCUT2D eigenvalue weighted by atomic mass is 16.4. The van der Waals surface area contributed by atoms with Crippen LogP contribution in [-0.2, 0) is 15.0 Å². The number of hydrogen-bond donors (Lipinski definition) is 2. The van der Waals surface area contributed by atoms with Gasteiger partial charge in [0.25, 0.3) is 0 Å². The molecule has 2 aromatic carbocycles. The Balaban J connectivity index is 0.000000387. The molecule has 0 aliphatic carbocycles. The Kier molecular flexibility index (Phi) is 8.96. The second kappa shape index (κ2) is 10.9. The average Bonchev–Trinajstić information content (AvgIpc) is 2.66. The fourth-order valence-electron chi connectivity index (χ4n) is 2.66. The molecule has 0 amide bonds. The van der Waals surface area contributed by atoms with Crippen LogP contribution in [-0.4, -0.2) is 47.7 Å². The molecule has 5 heteroatoms. The van der Waals surface area contributed by atoms with Gasteiger partial charge in [0.1, 0.15) is 0 Å². The van der Waals surface area contributed by atoms with Crippen molar-refractivity contribution < 1.29 is 19.8 Å². The summed E-state index contributed by atoms with van der Waals surface area (Å²) in [6.07, 6.45) is 2.23. The predicted molar refractivity (Wildman–Crippen MR) is 107 cm³/mol. The van der Waals surface area contributed by atoms with E-state index < -0.39 is 11.9 Å². The molecule has 0 aliphatic rings. The van der Waals surface area contributed by atoms with Crippen molar-refractivity contribution >= 4 is 11.9 Å². The van der Waals surface area contributed by atoms with Crippen LogP contribution in [0.15, 0.2) is 72.8 Å². The standard InChI is InChI=1S/C18H23N.C4H4O4/c1-18(14-15-19(2)3,16-10-6-4-7-11-16)17-12-8-5-9-13-17;5-3(6)1-2-4(7)8/h4-13H,14-15H2,1-3H3;1-2H,(H,5,6)(H,7,8)/b;2-1-. The zero-order chi connectivity index (χ0) is 20.3. The molecule has 0 saturated carbocycles. The van der Waals surface area contributed by atoms with Gasteiger partial charge in [0.15, 0.2) is 0 Å². The summed E-state index contributed by atoms with van der Waals surface area (Å²) in [7, 11) is 4.27. The minimum Gasteiger partial charge on any atom is -0.478 e. The van der Waals surface area contributed by atoms with Gasteiger partial charge in [-0.05, 0) is 38.2 Å². The van der Waals surface area contributed by atoms with Crippen LogP contribution < -0.4 is 0 Å². The molecular formula is C22H27NO4. The number of carboxylic acid groups (broad SMARTS) is 2. The van der Waals surface area contributed by atoms with Gasteiger partial charge in [-0.1, -0.05) is 67.6 Å². The number of aliphatic carboxylic acids is 2. The lowest BCUT2D eigenvalue weighted by atomic mass is 9.74. The normalized spacial score (nSPS) is 11.1. The summed E-state index contributed by atoms with van der Waals surface area (Å²) >= 11 is 0. The Morgan fingerprint density at radius 3 is 1.52 bits per heavy atom. The van der Waals surface area contributed by atoms with Crippen molar-refractivity contribution in [3.63, 3.8) is 0 Å². The van der Waals surface area contributed by atoms with Crippen LogP contribution in [0.1, 0.15) is 24.5 Å². The molecular weight excluding hydrogens is 342 g/mol. The van der Waals surface area contributed by atoms with Crippen molar-refractivity contribution in [2.75, 3.05) is 20.6 Å². The molecule has 0 aliphatic heterocycles. The third-order valence-electron chi connectivity index (χ3n) is 4.25. The van der Waals surface area contributed by atoms with Crippen molar-refractivity contribution in [1.29, 1.82) is 0 Å². The Morgan fingerprint density at radius 1 is 0.852 bits per heavy atom. The molecule has 27 heavy (non-hydrogen) atoms. The first-order chi connectivity index (χ1) is 12.8. The van der Waals surface area contributed by atoms with E-state index in [-0.39, 0.29) is 5.41 Å². The first kappa shape index (κ1) is 22.1. The second-order valence-electron chi connectivity index (χ2n) is 6.63. The summed E-state index contributed by atoms with van der Waals surface area (Å²) < 4.78 is 0. The smallest absolute Gasteiger partial charge is 0.328 e. The SMILES string of the molecule is CN(C)CCC(C)(c1ccccc1)c1ccccc1.O=C(O)/C=C\C(=O)O. The third-order valence-corrected chi connectivity index (χ3v) is 4.25. The fraction of sp³-hybridized carbons (Fsp3) is 0.273. The minimum atomic E-state index is -1.26. The Morgan fingerprint density at radius 2 is 1.22 bits per heavy atom. The van der Waals surface area contributed by atoms with Crippen molar-refractivity contribution in [3.05, 3.63) is 83.9 Å². The monoisotopic (exact) mass is 369 g/mol. The van der Waals surface area contributed by atoms with Crippen LogP contribution in [0.5, 0.6) is 0 Å². The second-order valence-corrected chi connectivity index (χ2v) is 6.63. The molecule has 5 nitrogen and oxygen atoms in total. The van der Waals surface area contributed by atoms with Gasteiger partial charge < -0.3 is 15.1 Å². The zero-order valence-electron chi connectivity index (χ0n) is 16.0. The number of carbonyl (C=O) groups is 2. The first-order valence-corrected chi connectivity index (χ1v) is 8.65. The topological polar surface area (TPSA) is 77.8 Å². The fourth-order valence-corrected chi connectivity index (χ4v) is 2.66. The van der Waals surface area contributed by atoms with Crippen LogP contribution in [0.2, 0.25) is 0 Å². The zero-order valence-corrected chi connectivity index (χ0v) is 16.0. The van der Waals surface area contributed by atoms with Crippen molar-refractivity contribution in [2.45, 2.75) is 18.8 Å². The average molecular weight is 369 g/mol. The predicted octanol–water partition coefficient (Wildman–Crippen LogP) is 3.66. The number of hydrogen-bond acceptors (Lipinski definition) is 3. The third kappa shape index (κ3) is 7.88. The van der Waals surface area contributed by atoms with E-state index in [1.54, 1.807) is 0 Å². The van der Waals surface area contributed by atoms with Gasteiger partial charge >= 0.3 is 11.9 Å². The molecule has 144 valence electrons. The first-order valence-electron chi connectivity index (χ1n) is 8.65. The summed E-state index contributed by atoms with van der Waals surface area (Å²) in [6, 6.07) is 21.6. The minimum absolute atomic E-state index is 0.0762. The van der Waals surface area contributed by atoms with Gasteiger partial charge in [-0.2, -0.15) is 0 Å². The number of carboxylic acids is 2. The maximum Gasteiger partial charge on any atom is 0.328 e. The lowest BCUT2D eigenvalue weighted by molar-refractivity contribution is -0.134. The molecule has 0 atom stereocenters. The molecule has 2 rings (SSSR count). The maximum absolute atomic E-state index is 9.55. The van der Waals surface area contributed by atoms with Gasteiger partial charge in [-0.25, -0.2) is 9.59 Å². The number of rotatable bonds is 7. The lowest BCUT2D eigenvalue weighted by Gasteiger charge is -2.32. The van der Waals surface area contributed by atoms with E-state index in [9.17, 15) is 9.59 Å². The van der Waals surface area contributed by atoms with Crippen molar-refractivity contribution in [3.8, 4) is 0 Å². The van der Waals surface area contributed by atoms with E-state index >= 15 is 0 Å². The van der Waals surface area contributed by atoms with E-state index in [4.69, 9.17) is 10.2 Å². The Labute approximate surface area is 160 Å². The highest BCUT2D eigenvalue weighted by molar-refractivity contribution is 5.89. The highest BCUT2D eigenvalue weighted by Gasteiger charge is 2.28. The van der Waals surface area contributed by atoms with E-state index in [1.165, 1.54) is 11.1 Å². The molecule has 2 N–H and O–H groups in total. The number of nitrogens with zero attached hydrogens (tertiary/aromatic N) is 1. The summed E-state index contributed by atoms with van der Waals surface area (Å²) in [4.78, 5) is 21.4.